The molecule has 0 unspecified atom stereocenters. The number of nitrogens with one attached hydrogen (secondary N) is 15. The zero-order valence-electron chi connectivity index (χ0n) is 57.6. The topological polar surface area (TPSA) is 669 Å². The number of primary amides is 1. The molecule has 0 saturated carbocycles. The number of benzene rings is 2. The number of aliphatic hydroxyl groups is 1. The number of aliphatic carboxylic acids is 2. The minimum atomic E-state index is -2.08. The van der Waals surface area contributed by atoms with Crippen LogP contribution in [0.25, 0.3) is 0 Å². The van der Waals surface area contributed by atoms with E-state index >= 15 is 14.4 Å². The van der Waals surface area contributed by atoms with E-state index in [1.54, 1.807) is 22.6 Å². The number of nitrogens with zero attached hydrogens (tertiary/aromatic N) is 1. The number of aromatic hydroxyl groups is 2. The first-order chi connectivity index (χ1) is 50.6. The molecule has 13 atom stereocenters. The molecule has 0 spiro atoms. The summed E-state index contributed by atoms with van der Waals surface area (Å²) in [5, 5.41) is 99.8. The van der Waals surface area contributed by atoms with Crippen molar-refractivity contribution in [3.63, 3.8) is 0 Å². The Morgan fingerprint density at radius 3 is 1.71 bits per heavy atom. The van der Waals surface area contributed by atoms with E-state index < -0.39 is 241 Å². The van der Waals surface area contributed by atoms with E-state index in [9.17, 15) is 83.1 Å². The maximum atomic E-state index is 15.2. The van der Waals surface area contributed by atoms with Crippen LogP contribution in [0, 0.1) is 14.4 Å². The molecule has 2 bridgehead atoms. The molecule has 13 amide bonds. The van der Waals surface area contributed by atoms with E-state index in [-0.39, 0.29) is 78.8 Å². The highest BCUT2D eigenvalue weighted by Gasteiger charge is 2.43. The van der Waals surface area contributed by atoms with Crippen LogP contribution in [0.3, 0.4) is 0 Å². The number of hydrogen-bond acceptors (Lipinski definition) is 25. The Labute approximate surface area is 641 Å². The molecule has 3 aliphatic rings. The van der Waals surface area contributed by atoms with Gasteiger partial charge in [-0.25, -0.2) is 4.79 Å². The summed E-state index contributed by atoms with van der Waals surface area (Å²) in [5.41, 5.74) is 23.0. The van der Waals surface area contributed by atoms with E-state index in [1.165, 1.54) is 42.5 Å². The number of hydrogen-bond donors (Lipinski definition) is 24. The predicted molar refractivity (Wildman–Crippen MR) is 399 cm³/mol. The van der Waals surface area contributed by atoms with Crippen molar-refractivity contribution in [1.82, 2.24) is 74.0 Å². The highest BCUT2D eigenvalue weighted by Crippen LogP contribution is 2.28. The number of nitrogens with two attached hydrogens (primary N) is 4. The summed E-state index contributed by atoms with van der Waals surface area (Å²) in [5.74, 6) is -21.3. The second kappa shape index (κ2) is 44.1. The van der Waals surface area contributed by atoms with Crippen molar-refractivity contribution < 1.29 is 97.5 Å². The Hall–Kier alpha value is -9.32. The predicted octanol–water partition coefficient (Wildman–Crippen LogP) is -6.71. The highest BCUT2D eigenvalue weighted by atomic mass is 127. The van der Waals surface area contributed by atoms with Gasteiger partial charge in [0.2, 0.25) is 76.8 Å². The van der Waals surface area contributed by atoms with Crippen molar-refractivity contribution in [3.05, 3.63) is 57.2 Å². The molecule has 5 rings (SSSR count). The third-order valence-electron chi connectivity index (χ3n) is 16.4. The molecule has 40 nitrogen and oxygen atoms in total. The minimum Gasteiger partial charge on any atom is -0.508 e. The maximum Gasteiger partial charge on any atom is 0.326 e. The Balaban J connectivity index is 1.78. The monoisotopic (exact) mass is 1690 g/mol. The van der Waals surface area contributed by atoms with Crippen molar-refractivity contribution in [2.24, 2.45) is 22.9 Å². The first-order valence-electron chi connectivity index (χ1n) is 33.3. The molecule has 28 N–H and O–H groups in total. The summed E-state index contributed by atoms with van der Waals surface area (Å²) in [6.45, 7) is -0.0277. The van der Waals surface area contributed by atoms with Crippen LogP contribution >= 0.6 is 65.8 Å². The average Bonchev–Trinajstić information content (AvgIpc) is 1.79. The van der Waals surface area contributed by atoms with Crippen LogP contribution in [-0.2, 0) is 84.8 Å². The average molecular weight is 1690 g/mol. The molecule has 45 heteroatoms. The van der Waals surface area contributed by atoms with Crippen molar-refractivity contribution in [2.45, 2.75) is 156 Å². The van der Waals surface area contributed by atoms with Crippen LogP contribution in [0.5, 0.6) is 11.5 Å². The summed E-state index contributed by atoms with van der Waals surface area (Å²) in [6.07, 6.45) is -5.72. The number of guanidine groups is 2. The molecule has 0 aromatic heterocycles. The third-order valence-corrected chi connectivity index (χ3v) is 22.1. The smallest absolute Gasteiger partial charge is 0.326 e. The Morgan fingerprint density at radius 1 is 0.626 bits per heavy atom. The van der Waals surface area contributed by atoms with E-state index in [0.29, 0.717) is 27.2 Å². The molecule has 107 heavy (non-hydrogen) atoms. The summed E-state index contributed by atoms with van der Waals surface area (Å²) in [4.78, 5) is 215. The van der Waals surface area contributed by atoms with Gasteiger partial charge in [0.25, 0.3) is 0 Å². The quantitative estimate of drug-likeness (QED) is 0.0162. The van der Waals surface area contributed by atoms with Gasteiger partial charge in [-0.15, -0.1) is 0 Å². The van der Waals surface area contributed by atoms with Gasteiger partial charge in [0.1, 0.15) is 84.0 Å². The number of carbonyl (C=O) groups is 15. The number of carbonyl (C=O) groups excluding carboxylic acids is 13. The zero-order valence-corrected chi connectivity index (χ0v) is 63.0. The molecule has 3 saturated heterocycles. The molecule has 0 radical (unpaired) electrons. The van der Waals surface area contributed by atoms with Crippen LogP contribution in [-0.4, -0.2) is 259 Å². The minimum absolute atomic E-state index is 0.0155. The lowest BCUT2D eigenvalue weighted by atomic mass is 10.0. The number of rotatable bonds is 23. The first kappa shape index (κ1) is 88.3. The van der Waals surface area contributed by atoms with Crippen molar-refractivity contribution in [2.75, 3.05) is 49.2 Å². The van der Waals surface area contributed by atoms with Gasteiger partial charge in [-0.1, -0.05) is 61.4 Å². The Bertz CT molecular complexity index is 3590. The molecule has 2 aromatic rings. The highest BCUT2D eigenvalue weighted by molar-refractivity contribution is 14.1. The number of fused-ring (bicyclic) bond motifs is 9. The lowest BCUT2D eigenvalue weighted by Gasteiger charge is -2.31. The van der Waals surface area contributed by atoms with Gasteiger partial charge in [-0.05, 0) is 110 Å². The fraction of sp³-hybridized carbons (Fsp3) is 0.532. The normalized spacial score (nSPS) is 24.4. The maximum absolute atomic E-state index is 15.2. The lowest BCUT2D eigenvalue weighted by molar-refractivity contribution is -0.146. The van der Waals surface area contributed by atoms with E-state index in [2.05, 4.69) is 69.1 Å². The van der Waals surface area contributed by atoms with Gasteiger partial charge < -0.3 is 122 Å². The van der Waals surface area contributed by atoms with E-state index in [4.69, 9.17) is 33.8 Å². The van der Waals surface area contributed by atoms with E-state index in [0.717, 1.165) is 33.4 Å². The molecule has 3 heterocycles. The first-order valence-corrected chi connectivity index (χ1v) is 39.3. The van der Waals surface area contributed by atoms with E-state index in [1.807, 2.05) is 0 Å². The van der Waals surface area contributed by atoms with Gasteiger partial charge in [0.15, 0.2) is 11.9 Å². The van der Waals surface area contributed by atoms with Crippen LogP contribution in [0.15, 0.2) is 42.5 Å². The van der Waals surface area contributed by atoms with Crippen molar-refractivity contribution in [1.29, 1.82) is 10.8 Å². The second-order valence-corrected chi connectivity index (χ2v) is 31.0. The van der Waals surface area contributed by atoms with Crippen LogP contribution < -0.4 is 92.1 Å². The molecule has 0 aliphatic carbocycles. The van der Waals surface area contributed by atoms with Crippen LogP contribution in [0.2, 0.25) is 0 Å². The lowest BCUT2D eigenvalue weighted by Crippen LogP contribution is -2.62. The number of halogens is 1. The van der Waals surface area contributed by atoms with Crippen molar-refractivity contribution >= 4 is 166 Å². The Kier molecular flexibility index (Phi) is 36.4. The number of phenolic OH excluding ortho intramolecular Hbond substituents is 2. The van der Waals surface area contributed by atoms with Crippen LogP contribution in [0.4, 0.5) is 0 Å². The number of phenols is 2. The van der Waals surface area contributed by atoms with Crippen LogP contribution in [0.1, 0.15) is 75.8 Å². The SMILES string of the molecule is C[C@@H](O)[C@@H]1NC(=O)[C@@H]2CSSC[C@@H](C(=O)N[C@@H](Cc3ccc(O)cc3)C(=O)O)NC(=O)[C@H](CCC(N)=O)NC(=O)[C@H](Cc3ccc(O)c(I)c3)NC(=O)[C@H](CCCNC(=N)N)NC(=O)[C@H](CSSC[C@H](NC(=O)CN)C(=O)N2)NC(=O)[C@H](CCCNC(=N)N)NC(=O)[C@@H]2CCCN2C(=O)[C@H](CC(=O)O)NC1=O. The number of amides is 13. The molecule has 3 aliphatic heterocycles. The summed E-state index contributed by atoms with van der Waals surface area (Å²) in [7, 11) is 3.01. The number of carboxylic acids is 2. The molecule has 588 valence electrons. The molecule has 3 fully saturated rings. The fourth-order valence-corrected chi connectivity index (χ4v) is 16.0. The zero-order chi connectivity index (χ0) is 79.2. The number of carboxylic acid groups (broad SMARTS) is 2. The number of aliphatic hydroxyl groups excluding tert-OH is 1. The fourth-order valence-electron chi connectivity index (χ4n) is 10.8. The second-order valence-electron chi connectivity index (χ2n) is 24.7. The standard InChI is InChI=1S/C62H89IN20O20S4/c1-28(84)48-58(100)77-37(22-47(89)90)59(101)83-18-4-7-43(83)57(99)75-34(6-3-17-71-62(68)69)50(92)79-40-25-105-104-24-39(72-46(88)23-64)53(95)81-42(56(98)82-48)27-107-106-26-41(55(97)78-38(60(102)103)20-29-8-11-31(85)12-9-29)80-51(93)35(13-15-45(65)87)74-52(94)36(21-30-10-14-44(86)32(63)19-30)76-49(91)33(73-54(40)96)5-2-16-70-61(66)67/h8-12,14,19,28,33-43,48,84-86H,2-7,13,15-18,20-27,64H2,1H3,(H2,65,87)(H,72,88)(H,73,96)(H,74,94)(H,75,99)(H,76,91)(H,77,100)(H,78,97)(H,79,92)(H,80,93)(H,81,95)(H,82,98)(H,89,90)(H,102,103)(H4,66,67,70)(H4,68,69,71)/t28-,33+,34+,35+,36+,37+,38+,39+,40+,41+,42+,43+,48+/m1/s1. The summed E-state index contributed by atoms with van der Waals surface area (Å²) >= 11 is 1.80. The summed E-state index contributed by atoms with van der Waals surface area (Å²) in [6, 6.07) is -12.0. The van der Waals surface area contributed by atoms with Gasteiger partial charge in [0.05, 0.1) is 22.6 Å². The van der Waals surface area contributed by atoms with Gasteiger partial charge in [-0.3, -0.25) is 77.9 Å². The Morgan fingerprint density at radius 2 is 1.14 bits per heavy atom. The van der Waals surface area contributed by atoms with Gasteiger partial charge >= 0.3 is 11.9 Å². The summed E-state index contributed by atoms with van der Waals surface area (Å²) < 4.78 is 0.277. The third kappa shape index (κ3) is 29.8. The van der Waals surface area contributed by atoms with Crippen molar-refractivity contribution in [3.8, 4) is 11.5 Å². The van der Waals surface area contributed by atoms with Gasteiger partial charge in [-0.2, -0.15) is 0 Å². The van der Waals surface area contributed by atoms with Gasteiger partial charge in [0, 0.05) is 61.9 Å². The largest absolute Gasteiger partial charge is 0.508 e. The molecular formula is C62H89IN20O20S4. The molecular weight excluding hydrogens is 1600 g/mol. The molecule has 2 aromatic carbocycles.